The SMILES string of the molecule is COc1ccc(NC(=O)[C@@H]2[C@H]3C=C[C@@H]([C@@H]4C[C@@H]34)[C@H]2C(=O)O)cc1. The van der Waals surface area contributed by atoms with Crippen LogP contribution in [0.2, 0.25) is 0 Å². The summed E-state index contributed by atoms with van der Waals surface area (Å²) in [6, 6.07) is 7.08. The van der Waals surface area contributed by atoms with E-state index < -0.39 is 17.8 Å². The number of carboxylic acids is 1. The summed E-state index contributed by atoms with van der Waals surface area (Å²) in [6.45, 7) is 0. The van der Waals surface area contributed by atoms with Crippen molar-refractivity contribution in [2.75, 3.05) is 12.4 Å². The quantitative estimate of drug-likeness (QED) is 0.837. The third-order valence-electron chi connectivity index (χ3n) is 5.60. The van der Waals surface area contributed by atoms with E-state index in [2.05, 4.69) is 11.4 Å². The number of ether oxygens (including phenoxy) is 1. The van der Waals surface area contributed by atoms with E-state index in [0.717, 1.165) is 6.42 Å². The Kier molecular flexibility index (Phi) is 3.18. The molecule has 120 valence electrons. The monoisotopic (exact) mass is 313 g/mol. The number of hydrogen-bond acceptors (Lipinski definition) is 3. The first-order valence-corrected chi connectivity index (χ1v) is 7.96. The fourth-order valence-corrected chi connectivity index (χ4v) is 4.47. The average molecular weight is 313 g/mol. The van der Waals surface area contributed by atoms with Crippen molar-refractivity contribution >= 4 is 17.6 Å². The van der Waals surface area contributed by atoms with E-state index in [4.69, 9.17) is 4.74 Å². The van der Waals surface area contributed by atoms with Gasteiger partial charge in [0.25, 0.3) is 0 Å². The summed E-state index contributed by atoms with van der Waals surface area (Å²) in [4.78, 5) is 24.5. The lowest BCUT2D eigenvalue weighted by Crippen LogP contribution is -2.48. The number of amides is 1. The Labute approximate surface area is 134 Å². The van der Waals surface area contributed by atoms with Crippen LogP contribution >= 0.6 is 0 Å². The zero-order valence-corrected chi connectivity index (χ0v) is 12.8. The molecule has 0 spiro atoms. The third-order valence-corrected chi connectivity index (χ3v) is 5.60. The van der Waals surface area contributed by atoms with Crippen molar-refractivity contribution in [1.29, 1.82) is 0 Å². The molecule has 5 rings (SSSR count). The van der Waals surface area contributed by atoms with E-state index in [1.54, 1.807) is 31.4 Å². The Morgan fingerprint density at radius 1 is 1.09 bits per heavy atom. The summed E-state index contributed by atoms with van der Waals surface area (Å²) >= 11 is 0. The largest absolute Gasteiger partial charge is 0.497 e. The molecule has 0 unspecified atom stereocenters. The van der Waals surface area contributed by atoms with Gasteiger partial charge in [-0.1, -0.05) is 12.2 Å². The van der Waals surface area contributed by atoms with Crippen LogP contribution < -0.4 is 10.1 Å². The van der Waals surface area contributed by atoms with Gasteiger partial charge >= 0.3 is 5.97 Å². The molecule has 0 aromatic heterocycles. The number of anilines is 1. The lowest BCUT2D eigenvalue weighted by Gasteiger charge is -2.41. The van der Waals surface area contributed by atoms with E-state index in [1.807, 2.05) is 6.08 Å². The summed E-state index contributed by atoms with van der Waals surface area (Å²) < 4.78 is 5.10. The van der Waals surface area contributed by atoms with E-state index in [-0.39, 0.29) is 17.7 Å². The van der Waals surface area contributed by atoms with Crippen molar-refractivity contribution in [3.8, 4) is 5.75 Å². The van der Waals surface area contributed by atoms with Crippen LogP contribution in [0.15, 0.2) is 36.4 Å². The van der Waals surface area contributed by atoms with Crippen LogP contribution in [-0.4, -0.2) is 24.1 Å². The Balaban J connectivity index is 1.56. The fourth-order valence-electron chi connectivity index (χ4n) is 4.47. The second kappa shape index (κ2) is 5.11. The van der Waals surface area contributed by atoms with Crippen molar-refractivity contribution in [2.24, 2.45) is 35.5 Å². The Morgan fingerprint density at radius 2 is 1.70 bits per heavy atom. The Bertz CT molecular complexity index is 681. The van der Waals surface area contributed by atoms with Gasteiger partial charge in [0.05, 0.1) is 18.9 Å². The van der Waals surface area contributed by atoms with Crippen LogP contribution in [0, 0.1) is 35.5 Å². The number of rotatable bonds is 4. The average Bonchev–Trinajstić information content (AvgIpc) is 3.37. The maximum Gasteiger partial charge on any atom is 0.307 e. The van der Waals surface area contributed by atoms with Crippen molar-refractivity contribution in [1.82, 2.24) is 0 Å². The molecule has 1 aromatic rings. The first kappa shape index (κ1) is 14.3. The second-order valence-electron chi connectivity index (χ2n) is 6.71. The van der Waals surface area contributed by atoms with Gasteiger partial charge in [0.1, 0.15) is 5.75 Å². The first-order chi connectivity index (χ1) is 11.1. The number of benzene rings is 1. The lowest BCUT2D eigenvalue weighted by atomic mass is 9.62. The number of fused-ring (bicyclic) bond motifs is 1. The van der Waals surface area contributed by atoms with Crippen molar-refractivity contribution in [2.45, 2.75) is 6.42 Å². The maximum absolute atomic E-state index is 12.8. The third kappa shape index (κ3) is 2.22. The Morgan fingerprint density at radius 3 is 2.26 bits per heavy atom. The number of carboxylic acid groups (broad SMARTS) is 1. The number of hydrogen-bond donors (Lipinski definition) is 2. The van der Waals surface area contributed by atoms with Gasteiger partial charge in [0.2, 0.25) is 5.91 Å². The topological polar surface area (TPSA) is 75.6 Å². The lowest BCUT2D eigenvalue weighted by molar-refractivity contribution is -0.152. The van der Waals surface area contributed by atoms with E-state index in [0.29, 0.717) is 23.3 Å². The minimum Gasteiger partial charge on any atom is -0.497 e. The molecule has 0 aliphatic heterocycles. The molecular weight excluding hydrogens is 294 g/mol. The van der Waals surface area contributed by atoms with E-state index >= 15 is 0 Å². The van der Waals surface area contributed by atoms with E-state index in [1.165, 1.54) is 0 Å². The highest BCUT2D eigenvalue weighted by Gasteiger charge is 2.62. The van der Waals surface area contributed by atoms with Gasteiger partial charge in [0, 0.05) is 5.69 Å². The second-order valence-corrected chi connectivity index (χ2v) is 6.71. The minimum absolute atomic E-state index is 0.00844. The predicted octanol–water partition coefficient (Wildman–Crippen LogP) is 2.40. The van der Waals surface area contributed by atoms with Gasteiger partial charge in [0.15, 0.2) is 0 Å². The molecule has 2 N–H and O–H groups in total. The number of carbonyl (C=O) groups excluding carboxylic acids is 1. The number of carbonyl (C=O) groups is 2. The highest BCUT2D eigenvalue weighted by atomic mass is 16.5. The van der Waals surface area contributed by atoms with Gasteiger partial charge in [-0.05, 0) is 54.4 Å². The molecule has 5 nitrogen and oxygen atoms in total. The summed E-state index contributed by atoms with van der Waals surface area (Å²) in [6.07, 6.45) is 5.14. The molecule has 6 atom stereocenters. The van der Waals surface area contributed by atoms with Gasteiger partial charge in [-0.2, -0.15) is 0 Å². The maximum atomic E-state index is 12.8. The van der Waals surface area contributed by atoms with Crippen molar-refractivity contribution in [3.63, 3.8) is 0 Å². The highest BCUT2D eigenvalue weighted by Crippen LogP contribution is 2.63. The molecular formula is C18H19NO4. The van der Waals surface area contributed by atoms with Gasteiger partial charge < -0.3 is 15.2 Å². The summed E-state index contributed by atoms with van der Waals surface area (Å²) in [5, 5.41) is 12.5. The van der Waals surface area contributed by atoms with Gasteiger partial charge in [-0.15, -0.1) is 0 Å². The number of nitrogens with one attached hydrogen (secondary N) is 1. The predicted molar refractivity (Wildman–Crippen MR) is 84.0 cm³/mol. The van der Waals surface area contributed by atoms with Crippen LogP contribution in [-0.2, 0) is 9.59 Å². The van der Waals surface area contributed by atoms with Crippen LogP contribution in [0.25, 0.3) is 0 Å². The van der Waals surface area contributed by atoms with Crippen LogP contribution in [0.4, 0.5) is 5.69 Å². The molecule has 5 heteroatoms. The summed E-state index contributed by atoms with van der Waals surface area (Å²) in [5.74, 6) is -0.383. The molecule has 0 saturated heterocycles. The zero-order chi connectivity index (χ0) is 16.1. The smallest absolute Gasteiger partial charge is 0.307 e. The molecule has 2 bridgehead atoms. The van der Waals surface area contributed by atoms with Crippen molar-refractivity contribution in [3.05, 3.63) is 36.4 Å². The van der Waals surface area contributed by atoms with Crippen LogP contribution in [0.1, 0.15) is 6.42 Å². The molecule has 4 aliphatic rings. The highest BCUT2D eigenvalue weighted by molar-refractivity contribution is 5.96. The van der Waals surface area contributed by atoms with Crippen molar-refractivity contribution < 1.29 is 19.4 Å². The van der Waals surface area contributed by atoms with E-state index in [9.17, 15) is 14.7 Å². The Hall–Kier alpha value is -2.30. The molecule has 0 radical (unpaired) electrons. The zero-order valence-electron chi connectivity index (χ0n) is 12.8. The number of allylic oxidation sites excluding steroid dienone is 2. The normalized spacial score (nSPS) is 36.2. The first-order valence-electron chi connectivity index (χ1n) is 7.96. The molecule has 2 saturated carbocycles. The molecule has 1 aromatic carbocycles. The molecule has 4 aliphatic carbocycles. The fraction of sp³-hybridized carbons (Fsp3) is 0.444. The minimum atomic E-state index is -0.857. The number of aliphatic carboxylic acids is 1. The molecule has 2 fully saturated rings. The molecule has 0 heterocycles. The molecule has 23 heavy (non-hydrogen) atoms. The van der Waals surface area contributed by atoms with Gasteiger partial charge in [-0.25, -0.2) is 0 Å². The van der Waals surface area contributed by atoms with Crippen LogP contribution in [0.5, 0.6) is 5.75 Å². The standard InChI is InChI=1S/C18H19NO4/c1-23-10-4-2-9(3-5-10)19-17(20)15-11-6-7-12(14-8-13(11)14)16(15)18(21)22/h2-7,11-16H,8H2,1H3,(H,19,20)(H,21,22)/t11-,12-,13-,14-,15+,16+/m0/s1. The van der Waals surface area contributed by atoms with Crippen LogP contribution in [0.3, 0.4) is 0 Å². The molecule has 1 amide bonds. The summed E-state index contributed by atoms with van der Waals surface area (Å²) in [7, 11) is 1.59. The summed E-state index contributed by atoms with van der Waals surface area (Å²) in [5.41, 5.74) is 0.665. The number of methoxy groups -OCH3 is 1. The van der Waals surface area contributed by atoms with Gasteiger partial charge in [-0.3, -0.25) is 9.59 Å².